The Morgan fingerprint density at radius 2 is 1.13 bits per heavy atom. The topological polar surface area (TPSA) is 7.12 Å². The molecule has 1 aromatic heterocycles. The van der Waals surface area contributed by atoms with Gasteiger partial charge in [-0.15, -0.1) is 0 Å². The van der Waals surface area contributed by atoms with Crippen molar-refractivity contribution in [3.05, 3.63) is 96.4 Å². The lowest BCUT2D eigenvalue weighted by atomic mass is 10.1. The minimum absolute atomic E-state index is 1.15. The lowest BCUT2D eigenvalue weighted by Crippen LogP contribution is -2.25. The SMILES string of the molecule is CCCCN(CCCC)c1ccc(/C=C/C=C/C=C/C=C/c2cc[n+](C)cc2)cc1. The lowest BCUT2D eigenvalue weighted by Gasteiger charge is -2.24. The Kier molecular flexibility index (Phi) is 11.1. The van der Waals surface area contributed by atoms with E-state index in [9.17, 15) is 0 Å². The van der Waals surface area contributed by atoms with Crippen LogP contribution in [0.1, 0.15) is 50.7 Å². The molecule has 0 aliphatic rings. The maximum Gasteiger partial charge on any atom is 0.169 e. The van der Waals surface area contributed by atoms with Crippen molar-refractivity contribution in [2.45, 2.75) is 39.5 Å². The Morgan fingerprint density at radius 3 is 1.63 bits per heavy atom. The summed E-state index contributed by atoms with van der Waals surface area (Å²) in [6, 6.07) is 13.1. The molecule has 0 N–H and O–H groups in total. The summed E-state index contributed by atoms with van der Waals surface area (Å²) in [4.78, 5) is 2.52. The Balaban J connectivity index is 1.82. The van der Waals surface area contributed by atoms with E-state index in [2.05, 4.69) is 104 Å². The first-order chi connectivity index (χ1) is 14.7. The van der Waals surface area contributed by atoms with Crippen LogP contribution in [-0.4, -0.2) is 13.1 Å². The van der Waals surface area contributed by atoms with Crippen molar-refractivity contribution < 1.29 is 4.57 Å². The molecule has 0 saturated carbocycles. The van der Waals surface area contributed by atoms with Gasteiger partial charge in [-0.1, -0.05) is 87.4 Å². The Bertz CT molecular complexity index is 816. The van der Waals surface area contributed by atoms with Crippen molar-refractivity contribution in [2.75, 3.05) is 18.0 Å². The normalized spacial score (nSPS) is 12.1. The van der Waals surface area contributed by atoms with Crippen LogP contribution in [-0.2, 0) is 7.05 Å². The third-order valence-corrected chi connectivity index (χ3v) is 4.96. The van der Waals surface area contributed by atoms with Crippen LogP contribution in [0, 0.1) is 0 Å². The van der Waals surface area contributed by atoms with Crippen LogP contribution < -0.4 is 9.47 Å². The van der Waals surface area contributed by atoms with Gasteiger partial charge in [0.15, 0.2) is 12.4 Å². The average Bonchev–Trinajstić information content (AvgIpc) is 2.77. The third-order valence-electron chi connectivity index (χ3n) is 4.96. The first-order valence-electron chi connectivity index (χ1n) is 11.2. The highest BCUT2D eigenvalue weighted by atomic mass is 15.1. The Labute approximate surface area is 183 Å². The third kappa shape index (κ3) is 9.09. The second-order valence-electron chi connectivity index (χ2n) is 7.57. The van der Waals surface area contributed by atoms with Gasteiger partial charge in [-0.2, -0.15) is 0 Å². The predicted octanol–water partition coefficient (Wildman–Crippen LogP) is 6.76. The van der Waals surface area contributed by atoms with Crippen LogP contribution in [0.25, 0.3) is 12.2 Å². The van der Waals surface area contributed by atoms with Gasteiger partial charge in [0.1, 0.15) is 7.05 Å². The molecule has 0 fully saturated rings. The molecule has 2 rings (SSSR count). The zero-order chi connectivity index (χ0) is 21.4. The van der Waals surface area contributed by atoms with Gasteiger partial charge >= 0.3 is 0 Å². The van der Waals surface area contributed by atoms with Crippen molar-refractivity contribution in [3.8, 4) is 0 Å². The zero-order valence-electron chi connectivity index (χ0n) is 18.9. The molecule has 0 spiro atoms. The van der Waals surface area contributed by atoms with E-state index >= 15 is 0 Å². The summed E-state index contributed by atoms with van der Waals surface area (Å²) in [5, 5.41) is 0. The Morgan fingerprint density at radius 1 is 0.667 bits per heavy atom. The summed E-state index contributed by atoms with van der Waals surface area (Å²) < 4.78 is 2.03. The second-order valence-corrected chi connectivity index (χ2v) is 7.57. The minimum atomic E-state index is 1.15. The van der Waals surface area contributed by atoms with Crippen molar-refractivity contribution in [2.24, 2.45) is 7.05 Å². The van der Waals surface area contributed by atoms with Crippen LogP contribution in [0.2, 0.25) is 0 Å². The number of aromatic nitrogens is 1. The molecular formula is C28H37N2+. The smallest absolute Gasteiger partial charge is 0.169 e. The van der Waals surface area contributed by atoms with E-state index in [1.165, 1.54) is 42.5 Å². The number of aryl methyl sites for hydroxylation is 1. The van der Waals surface area contributed by atoms with Crippen LogP contribution in [0.4, 0.5) is 5.69 Å². The molecule has 2 heteroatoms. The number of benzene rings is 1. The summed E-state index contributed by atoms with van der Waals surface area (Å²) in [5.74, 6) is 0. The molecular weight excluding hydrogens is 364 g/mol. The van der Waals surface area contributed by atoms with Crippen LogP contribution in [0.15, 0.2) is 85.2 Å². The highest BCUT2D eigenvalue weighted by Crippen LogP contribution is 2.17. The number of nitrogens with zero attached hydrogens (tertiary/aromatic N) is 2. The molecule has 1 heterocycles. The fraction of sp³-hybridized carbons (Fsp3) is 0.321. The van der Waals surface area contributed by atoms with E-state index in [-0.39, 0.29) is 0 Å². The molecule has 0 bridgehead atoms. The largest absolute Gasteiger partial charge is 0.372 e. The van der Waals surface area contributed by atoms with E-state index in [0.29, 0.717) is 0 Å². The molecule has 0 saturated heterocycles. The average molecular weight is 402 g/mol. The van der Waals surface area contributed by atoms with Crippen molar-refractivity contribution >= 4 is 17.8 Å². The number of rotatable bonds is 12. The van der Waals surface area contributed by atoms with Crippen molar-refractivity contribution in [1.29, 1.82) is 0 Å². The molecule has 0 aliphatic heterocycles. The Hall–Kier alpha value is -2.87. The fourth-order valence-corrected chi connectivity index (χ4v) is 3.08. The molecule has 0 amide bonds. The molecule has 2 nitrogen and oxygen atoms in total. The van der Waals surface area contributed by atoms with Gasteiger partial charge in [0.25, 0.3) is 0 Å². The molecule has 2 aromatic rings. The summed E-state index contributed by atoms with van der Waals surface area (Å²) in [7, 11) is 2.02. The number of anilines is 1. The van der Waals surface area contributed by atoms with Gasteiger partial charge in [0.2, 0.25) is 0 Å². The van der Waals surface area contributed by atoms with E-state index in [0.717, 1.165) is 13.1 Å². The van der Waals surface area contributed by atoms with Gasteiger partial charge in [-0.3, -0.25) is 0 Å². The summed E-state index contributed by atoms with van der Waals surface area (Å²) in [5.41, 5.74) is 3.77. The quantitative estimate of drug-likeness (QED) is 0.282. The number of unbranched alkanes of at least 4 members (excludes halogenated alkanes) is 2. The first kappa shape index (κ1) is 23.4. The summed E-state index contributed by atoms with van der Waals surface area (Å²) in [6.45, 7) is 6.82. The number of hydrogen-bond donors (Lipinski definition) is 0. The molecule has 1 aromatic carbocycles. The minimum Gasteiger partial charge on any atom is -0.372 e. The van der Waals surface area contributed by atoms with Crippen LogP contribution >= 0.6 is 0 Å². The van der Waals surface area contributed by atoms with E-state index in [4.69, 9.17) is 0 Å². The fourth-order valence-electron chi connectivity index (χ4n) is 3.08. The molecule has 30 heavy (non-hydrogen) atoms. The zero-order valence-corrected chi connectivity index (χ0v) is 18.9. The summed E-state index contributed by atoms with van der Waals surface area (Å²) >= 11 is 0. The van der Waals surface area contributed by atoms with Crippen LogP contribution in [0.5, 0.6) is 0 Å². The van der Waals surface area contributed by atoms with Gasteiger partial charge < -0.3 is 4.90 Å². The van der Waals surface area contributed by atoms with E-state index < -0.39 is 0 Å². The standard InChI is InChI=1S/C28H37N2/c1-4-6-22-30(23-7-5-2)28-18-16-26(17-19-28)14-12-10-8-9-11-13-15-27-20-24-29(3)25-21-27/h8-21,24-25H,4-7,22-23H2,1-3H3/q+1. The molecule has 0 unspecified atom stereocenters. The van der Waals surface area contributed by atoms with E-state index in [1.54, 1.807) is 0 Å². The number of hydrogen-bond acceptors (Lipinski definition) is 1. The van der Waals surface area contributed by atoms with Crippen LogP contribution in [0.3, 0.4) is 0 Å². The van der Waals surface area contributed by atoms with E-state index in [1.807, 2.05) is 23.8 Å². The molecule has 0 atom stereocenters. The highest BCUT2D eigenvalue weighted by molar-refractivity contribution is 5.57. The molecule has 0 aliphatic carbocycles. The number of allylic oxidation sites excluding steroid dienone is 6. The van der Waals surface area contributed by atoms with Gasteiger partial charge in [-0.25, -0.2) is 4.57 Å². The van der Waals surface area contributed by atoms with Gasteiger partial charge in [-0.05, 0) is 36.1 Å². The van der Waals surface area contributed by atoms with Crippen molar-refractivity contribution in [3.63, 3.8) is 0 Å². The lowest BCUT2D eigenvalue weighted by molar-refractivity contribution is -0.671. The maximum atomic E-state index is 2.52. The predicted molar refractivity (Wildman–Crippen MR) is 132 cm³/mol. The number of pyridine rings is 1. The monoisotopic (exact) mass is 401 g/mol. The first-order valence-corrected chi connectivity index (χ1v) is 11.2. The second kappa shape index (κ2) is 14.2. The van der Waals surface area contributed by atoms with Gasteiger partial charge in [0, 0.05) is 30.9 Å². The maximum absolute atomic E-state index is 2.52. The van der Waals surface area contributed by atoms with Gasteiger partial charge in [0.05, 0.1) is 0 Å². The summed E-state index contributed by atoms with van der Waals surface area (Å²) in [6.07, 6.45) is 25.7. The highest BCUT2D eigenvalue weighted by Gasteiger charge is 2.04. The van der Waals surface area contributed by atoms with Crippen molar-refractivity contribution in [1.82, 2.24) is 0 Å². The molecule has 0 radical (unpaired) electrons. The molecule has 158 valence electrons.